The number of Topliss-reactive ketones (excluding diaryl/α,β-unsaturated/α-hetero) is 1. The number of para-hydroxylation sites is 2. The molecule has 0 fully saturated rings. The molecule has 1 aromatic heterocycles. The molecule has 1 unspecified atom stereocenters. The molecule has 0 aliphatic heterocycles. The fourth-order valence-electron chi connectivity index (χ4n) is 3.16. The van der Waals surface area contributed by atoms with E-state index in [1.807, 2.05) is 67.8 Å². The van der Waals surface area contributed by atoms with Crippen LogP contribution in [0, 0.1) is 13.8 Å². The lowest BCUT2D eigenvalue weighted by Crippen LogP contribution is -2.27. The smallest absolute Gasteiger partial charge is 0.251 e. The topological polar surface area (TPSA) is 64.0 Å². The van der Waals surface area contributed by atoms with Crippen molar-refractivity contribution < 1.29 is 9.59 Å². The number of aryl methyl sites for hydroxylation is 2. The summed E-state index contributed by atoms with van der Waals surface area (Å²) in [5.41, 5.74) is 4.42. The Kier molecular flexibility index (Phi) is 4.89. The highest BCUT2D eigenvalue weighted by Gasteiger charge is 2.19. The number of hydrogen-bond acceptors (Lipinski definition) is 3. The van der Waals surface area contributed by atoms with Gasteiger partial charge < -0.3 is 9.88 Å². The summed E-state index contributed by atoms with van der Waals surface area (Å²) in [6.45, 7) is 7.61. The van der Waals surface area contributed by atoms with E-state index in [9.17, 15) is 9.59 Å². The summed E-state index contributed by atoms with van der Waals surface area (Å²) in [5, 5.41) is 2.94. The Morgan fingerprint density at radius 1 is 1.15 bits per heavy atom. The molecule has 1 heterocycles. The van der Waals surface area contributed by atoms with Crippen molar-refractivity contribution in [2.24, 2.45) is 0 Å². The van der Waals surface area contributed by atoms with Crippen LogP contribution >= 0.6 is 0 Å². The lowest BCUT2D eigenvalue weighted by molar-refractivity contribution is -0.119. The zero-order valence-electron chi connectivity index (χ0n) is 15.5. The molecule has 3 rings (SSSR count). The minimum absolute atomic E-state index is 0.0510. The van der Waals surface area contributed by atoms with E-state index >= 15 is 0 Å². The Morgan fingerprint density at radius 3 is 2.58 bits per heavy atom. The second kappa shape index (κ2) is 7.12. The first kappa shape index (κ1) is 17.9. The lowest BCUT2D eigenvalue weighted by atomic mass is 10.1. The molecule has 0 spiro atoms. The first-order valence-corrected chi connectivity index (χ1v) is 8.70. The monoisotopic (exact) mass is 349 g/mol. The van der Waals surface area contributed by atoms with E-state index in [0.717, 1.165) is 22.2 Å². The van der Waals surface area contributed by atoms with Crippen LogP contribution in [0.4, 0.5) is 0 Å². The minimum atomic E-state index is -0.338. The van der Waals surface area contributed by atoms with Crippen molar-refractivity contribution in [3.8, 4) is 0 Å². The summed E-state index contributed by atoms with van der Waals surface area (Å²) in [6, 6.07) is 13.1. The third kappa shape index (κ3) is 3.38. The van der Waals surface area contributed by atoms with E-state index < -0.39 is 0 Å². The van der Waals surface area contributed by atoms with Crippen molar-refractivity contribution in [2.45, 2.75) is 40.3 Å². The molecule has 3 aromatic rings. The molecule has 1 amide bonds. The summed E-state index contributed by atoms with van der Waals surface area (Å²) in [6.07, 6.45) is 0. The maximum atomic E-state index is 12.6. The largest absolute Gasteiger partial charge is 0.345 e. The summed E-state index contributed by atoms with van der Waals surface area (Å²) < 4.78 is 1.90. The van der Waals surface area contributed by atoms with Crippen molar-refractivity contribution in [1.29, 1.82) is 0 Å². The molecule has 0 aliphatic carbocycles. The molecule has 0 aliphatic rings. The third-order valence-corrected chi connectivity index (χ3v) is 4.68. The van der Waals surface area contributed by atoms with Gasteiger partial charge in [-0.15, -0.1) is 0 Å². The van der Waals surface area contributed by atoms with Gasteiger partial charge in [-0.05, 0) is 51.5 Å². The molecular weight excluding hydrogens is 326 g/mol. The first-order chi connectivity index (χ1) is 12.4. The van der Waals surface area contributed by atoms with E-state index in [-0.39, 0.29) is 24.3 Å². The molecule has 1 N–H and O–H groups in total. The summed E-state index contributed by atoms with van der Waals surface area (Å²) >= 11 is 0. The Morgan fingerprint density at radius 2 is 1.88 bits per heavy atom. The van der Waals surface area contributed by atoms with Crippen molar-refractivity contribution in [1.82, 2.24) is 14.9 Å². The number of aromatic nitrogens is 2. The maximum absolute atomic E-state index is 12.6. The van der Waals surface area contributed by atoms with Gasteiger partial charge in [-0.2, -0.15) is 0 Å². The normalized spacial score (nSPS) is 12.2. The van der Waals surface area contributed by atoms with Crippen LogP contribution in [-0.2, 0) is 11.3 Å². The Balaban J connectivity index is 1.90. The number of amides is 1. The number of ketones is 1. The molecule has 0 bridgehead atoms. The quantitative estimate of drug-likeness (QED) is 0.763. The van der Waals surface area contributed by atoms with Gasteiger partial charge in [0.2, 0.25) is 0 Å². The Hall–Kier alpha value is -2.95. The van der Waals surface area contributed by atoms with Gasteiger partial charge in [0, 0.05) is 5.56 Å². The van der Waals surface area contributed by atoms with Crippen LogP contribution in [0.1, 0.15) is 47.2 Å². The molecule has 134 valence electrons. The predicted octanol–water partition coefficient (Wildman–Crippen LogP) is 3.73. The average molecular weight is 349 g/mol. The van der Waals surface area contributed by atoms with Crippen molar-refractivity contribution >= 4 is 22.7 Å². The fourth-order valence-corrected chi connectivity index (χ4v) is 3.16. The number of hydrogen-bond donors (Lipinski definition) is 1. The SMILES string of the molecule is CC(=O)C(C)n1c(CNC(=O)c2ccc(C)cc2C)nc2ccccc21. The van der Waals surface area contributed by atoms with Crippen LogP contribution in [0.3, 0.4) is 0 Å². The van der Waals surface area contributed by atoms with Crippen LogP contribution in [0.25, 0.3) is 11.0 Å². The number of imidazole rings is 1. The predicted molar refractivity (Wildman–Crippen MR) is 102 cm³/mol. The molecular formula is C21H23N3O2. The van der Waals surface area contributed by atoms with E-state index in [1.165, 1.54) is 0 Å². The van der Waals surface area contributed by atoms with E-state index in [2.05, 4.69) is 10.3 Å². The van der Waals surface area contributed by atoms with Gasteiger partial charge in [0.05, 0.1) is 23.6 Å². The number of carbonyl (C=O) groups is 2. The third-order valence-electron chi connectivity index (χ3n) is 4.68. The fraction of sp³-hybridized carbons (Fsp3) is 0.286. The first-order valence-electron chi connectivity index (χ1n) is 8.70. The zero-order chi connectivity index (χ0) is 18.8. The van der Waals surface area contributed by atoms with Gasteiger partial charge in [-0.3, -0.25) is 9.59 Å². The number of benzene rings is 2. The van der Waals surface area contributed by atoms with Gasteiger partial charge in [0.15, 0.2) is 5.78 Å². The Labute approximate surface area is 153 Å². The number of rotatable bonds is 5. The van der Waals surface area contributed by atoms with Gasteiger partial charge in [0.25, 0.3) is 5.91 Å². The van der Waals surface area contributed by atoms with Crippen LogP contribution in [-0.4, -0.2) is 21.2 Å². The number of nitrogens with one attached hydrogen (secondary N) is 1. The lowest BCUT2D eigenvalue weighted by Gasteiger charge is -2.15. The summed E-state index contributed by atoms with van der Waals surface area (Å²) in [4.78, 5) is 29.1. The van der Waals surface area contributed by atoms with Crippen LogP contribution < -0.4 is 5.32 Å². The molecule has 0 radical (unpaired) electrons. The zero-order valence-corrected chi connectivity index (χ0v) is 15.5. The number of fused-ring (bicyclic) bond motifs is 1. The summed E-state index contributed by atoms with van der Waals surface area (Å²) in [5.74, 6) is 0.582. The van der Waals surface area contributed by atoms with E-state index in [4.69, 9.17) is 0 Å². The Bertz CT molecular complexity index is 988. The van der Waals surface area contributed by atoms with Gasteiger partial charge in [0.1, 0.15) is 5.82 Å². The molecule has 26 heavy (non-hydrogen) atoms. The molecule has 0 saturated carbocycles. The van der Waals surface area contributed by atoms with Gasteiger partial charge in [-0.1, -0.05) is 29.8 Å². The van der Waals surface area contributed by atoms with Crippen molar-refractivity contribution in [2.75, 3.05) is 0 Å². The maximum Gasteiger partial charge on any atom is 0.251 e. The second-order valence-corrected chi connectivity index (χ2v) is 6.67. The van der Waals surface area contributed by atoms with E-state index in [0.29, 0.717) is 11.4 Å². The van der Waals surface area contributed by atoms with Crippen molar-refractivity contribution in [3.63, 3.8) is 0 Å². The number of nitrogens with zero attached hydrogens (tertiary/aromatic N) is 2. The molecule has 5 heteroatoms. The van der Waals surface area contributed by atoms with Crippen LogP contribution in [0.2, 0.25) is 0 Å². The van der Waals surface area contributed by atoms with Crippen LogP contribution in [0.5, 0.6) is 0 Å². The molecule has 0 saturated heterocycles. The highest BCUT2D eigenvalue weighted by molar-refractivity contribution is 5.95. The van der Waals surface area contributed by atoms with Crippen LogP contribution in [0.15, 0.2) is 42.5 Å². The molecule has 2 aromatic carbocycles. The highest BCUT2D eigenvalue weighted by Crippen LogP contribution is 2.22. The minimum Gasteiger partial charge on any atom is -0.345 e. The molecule has 5 nitrogen and oxygen atoms in total. The summed E-state index contributed by atoms with van der Waals surface area (Å²) in [7, 11) is 0. The number of carbonyl (C=O) groups excluding carboxylic acids is 2. The van der Waals surface area contributed by atoms with E-state index in [1.54, 1.807) is 6.92 Å². The highest BCUT2D eigenvalue weighted by atomic mass is 16.1. The second-order valence-electron chi connectivity index (χ2n) is 6.67. The molecule has 1 atom stereocenters. The standard InChI is InChI=1S/C21H23N3O2/c1-13-9-10-17(14(2)11-13)21(26)22-12-20-23-18-7-5-6-8-19(18)24(20)15(3)16(4)25/h5-11,15H,12H2,1-4H3,(H,22,26). The van der Waals surface area contributed by atoms with Crippen molar-refractivity contribution in [3.05, 3.63) is 65.0 Å². The van der Waals surface area contributed by atoms with Gasteiger partial charge in [-0.25, -0.2) is 4.98 Å². The average Bonchev–Trinajstić information content (AvgIpc) is 2.97. The van der Waals surface area contributed by atoms with Gasteiger partial charge >= 0.3 is 0 Å².